The lowest BCUT2D eigenvalue weighted by atomic mass is 10.1. The first-order valence-corrected chi connectivity index (χ1v) is 10.2. The van der Waals surface area contributed by atoms with E-state index in [-0.39, 0.29) is 18.2 Å². The molecule has 0 saturated carbocycles. The smallest absolute Gasteiger partial charge is 0.255 e. The second-order valence-corrected chi connectivity index (χ2v) is 7.55. The van der Waals surface area contributed by atoms with Gasteiger partial charge in [0.15, 0.2) is 0 Å². The van der Waals surface area contributed by atoms with Gasteiger partial charge in [-0.15, -0.1) is 0 Å². The van der Waals surface area contributed by atoms with Gasteiger partial charge in [-0.2, -0.15) is 4.98 Å². The highest BCUT2D eigenvalue weighted by Gasteiger charge is 2.22. The number of anilines is 1. The van der Waals surface area contributed by atoms with Crippen molar-refractivity contribution in [1.29, 1.82) is 0 Å². The maximum absolute atomic E-state index is 12.7. The molecule has 154 valence electrons. The number of para-hydroxylation sites is 1. The molecule has 0 spiro atoms. The molecular weight excluding hydrogens is 404 g/mol. The van der Waals surface area contributed by atoms with Crippen LogP contribution in [-0.4, -0.2) is 39.9 Å². The normalized spacial score (nSPS) is 13.4. The zero-order chi connectivity index (χ0) is 20.9. The Morgan fingerprint density at radius 3 is 2.57 bits per heavy atom. The molecule has 8 heteroatoms. The van der Waals surface area contributed by atoms with E-state index in [9.17, 15) is 9.59 Å². The van der Waals surface area contributed by atoms with E-state index in [0.29, 0.717) is 34.4 Å². The van der Waals surface area contributed by atoms with Gasteiger partial charge < -0.3 is 14.7 Å². The monoisotopic (exact) mass is 424 g/mol. The average Bonchev–Trinajstić information content (AvgIpc) is 3.45. The Hall–Kier alpha value is -3.19. The molecule has 7 nitrogen and oxygen atoms in total. The quantitative estimate of drug-likeness (QED) is 0.640. The first kappa shape index (κ1) is 20.1. The van der Waals surface area contributed by atoms with Crippen molar-refractivity contribution in [2.75, 3.05) is 18.4 Å². The molecule has 30 heavy (non-hydrogen) atoms. The van der Waals surface area contributed by atoms with Crippen molar-refractivity contribution in [3.63, 3.8) is 0 Å². The summed E-state index contributed by atoms with van der Waals surface area (Å²) in [6.07, 6.45) is 2.49. The number of rotatable bonds is 6. The van der Waals surface area contributed by atoms with E-state index in [1.54, 1.807) is 48.5 Å². The Bertz CT molecular complexity index is 1040. The summed E-state index contributed by atoms with van der Waals surface area (Å²) >= 11 is 5.89. The fourth-order valence-electron chi connectivity index (χ4n) is 3.37. The molecule has 3 aromatic rings. The van der Waals surface area contributed by atoms with Gasteiger partial charge in [-0.05, 0) is 49.2 Å². The lowest BCUT2D eigenvalue weighted by Gasteiger charge is -2.17. The molecule has 1 aliphatic rings. The van der Waals surface area contributed by atoms with E-state index < -0.39 is 0 Å². The molecule has 4 rings (SSSR count). The Balaban J connectivity index is 1.37. The number of nitrogens with zero attached hydrogens (tertiary/aromatic N) is 3. The predicted octanol–water partition coefficient (Wildman–Crippen LogP) is 4.20. The van der Waals surface area contributed by atoms with Crippen LogP contribution >= 0.6 is 11.6 Å². The van der Waals surface area contributed by atoms with Crippen LogP contribution in [0.1, 0.15) is 35.5 Å². The second kappa shape index (κ2) is 9.09. The van der Waals surface area contributed by atoms with Gasteiger partial charge in [-0.3, -0.25) is 9.59 Å². The molecule has 0 aliphatic carbocycles. The maximum Gasteiger partial charge on any atom is 0.255 e. The van der Waals surface area contributed by atoms with Gasteiger partial charge >= 0.3 is 0 Å². The zero-order valence-corrected chi connectivity index (χ0v) is 17.1. The molecule has 0 atom stereocenters. The number of carbonyl (C=O) groups excluding carboxylic acids is 2. The third-order valence-corrected chi connectivity index (χ3v) is 5.21. The Morgan fingerprint density at radius 2 is 1.80 bits per heavy atom. The average molecular weight is 425 g/mol. The predicted molar refractivity (Wildman–Crippen MR) is 113 cm³/mol. The summed E-state index contributed by atoms with van der Waals surface area (Å²) in [4.78, 5) is 31.3. The van der Waals surface area contributed by atoms with Crippen LogP contribution in [0, 0.1) is 0 Å². The van der Waals surface area contributed by atoms with E-state index in [4.69, 9.17) is 16.1 Å². The lowest BCUT2D eigenvalue weighted by Crippen LogP contribution is -2.28. The van der Waals surface area contributed by atoms with Crippen LogP contribution in [0.25, 0.3) is 11.4 Å². The highest BCUT2D eigenvalue weighted by molar-refractivity contribution is 6.30. The first-order chi connectivity index (χ1) is 14.6. The molecule has 0 bridgehead atoms. The van der Waals surface area contributed by atoms with E-state index in [2.05, 4.69) is 15.5 Å². The third kappa shape index (κ3) is 4.68. The van der Waals surface area contributed by atoms with Gasteiger partial charge in [-0.25, -0.2) is 0 Å². The molecule has 0 radical (unpaired) electrons. The number of hydrogen-bond acceptors (Lipinski definition) is 5. The van der Waals surface area contributed by atoms with Crippen LogP contribution in [0.3, 0.4) is 0 Å². The highest BCUT2D eigenvalue weighted by atomic mass is 35.5. The Morgan fingerprint density at radius 1 is 1.07 bits per heavy atom. The summed E-state index contributed by atoms with van der Waals surface area (Å²) < 4.78 is 5.24. The van der Waals surface area contributed by atoms with E-state index in [1.807, 2.05) is 4.90 Å². The summed E-state index contributed by atoms with van der Waals surface area (Å²) in [5.74, 6) is 0.552. The second-order valence-electron chi connectivity index (χ2n) is 7.11. The fourth-order valence-corrected chi connectivity index (χ4v) is 3.50. The SMILES string of the molecule is O=C(CCc1nc(-c2ccc(Cl)cc2)no1)Nc1ccccc1C(=O)N1CCCC1. The van der Waals surface area contributed by atoms with Crippen molar-refractivity contribution in [2.24, 2.45) is 0 Å². The molecule has 1 saturated heterocycles. The first-order valence-electron chi connectivity index (χ1n) is 9.87. The summed E-state index contributed by atoms with van der Waals surface area (Å²) in [6, 6.07) is 14.2. The number of carbonyl (C=O) groups is 2. The number of nitrogens with one attached hydrogen (secondary N) is 1. The third-order valence-electron chi connectivity index (χ3n) is 4.96. The van der Waals surface area contributed by atoms with E-state index >= 15 is 0 Å². The molecule has 2 heterocycles. The van der Waals surface area contributed by atoms with Crippen molar-refractivity contribution >= 4 is 29.1 Å². The van der Waals surface area contributed by atoms with Gasteiger partial charge in [0.2, 0.25) is 17.6 Å². The summed E-state index contributed by atoms with van der Waals surface area (Å²) in [6.45, 7) is 1.52. The number of likely N-dealkylation sites (tertiary alicyclic amines) is 1. The molecule has 1 aromatic heterocycles. The summed E-state index contributed by atoms with van der Waals surface area (Å²) in [5.41, 5.74) is 1.82. The van der Waals surface area contributed by atoms with Gasteiger partial charge in [0.05, 0.1) is 11.3 Å². The molecule has 1 aliphatic heterocycles. The minimum Gasteiger partial charge on any atom is -0.339 e. The number of halogens is 1. The van der Waals surface area contributed by atoms with Crippen molar-refractivity contribution < 1.29 is 14.1 Å². The Kier molecular flexibility index (Phi) is 6.09. The Labute approximate surface area is 179 Å². The molecule has 2 amide bonds. The van der Waals surface area contributed by atoms with Crippen LogP contribution in [0.4, 0.5) is 5.69 Å². The minimum atomic E-state index is -0.220. The van der Waals surface area contributed by atoms with Crippen LogP contribution in [0.5, 0.6) is 0 Å². The van der Waals surface area contributed by atoms with Crippen molar-refractivity contribution in [2.45, 2.75) is 25.7 Å². The molecule has 1 fully saturated rings. The molecule has 2 aromatic carbocycles. The van der Waals surface area contributed by atoms with Crippen LogP contribution in [-0.2, 0) is 11.2 Å². The van der Waals surface area contributed by atoms with Crippen LogP contribution < -0.4 is 5.32 Å². The number of aromatic nitrogens is 2. The molecular formula is C22H21ClN4O3. The fraction of sp³-hybridized carbons (Fsp3) is 0.273. The van der Waals surface area contributed by atoms with Gasteiger partial charge in [0.1, 0.15) is 0 Å². The van der Waals surface area contributed by atoms with Crippen molar-refractivity contribution in [3.8, 4) is 11.4 Å². The summed E-state index contributed by atoms with van der Waals surface area (Å²) in [7, 11) is 0. The summed E-state index contributed by atoms with van der Waals surface area (Å²) in [5, 5.41) is 7.41. The van der Waals surface area contributed by atoms with Gasteiger partial charge in [0, 0.05) is 36.5 Å². The zero-order valence-electron chi connectivity index (χ0n) is 16.3. The lowest BCUT2D eigenvalue weighted by molar-refractivity contribution is -0.116. The van der Waals surface area contributed by atoms with E-state index in [0.717, 1.165) is 31.5 Å². The number of hydrogen-bond donors (Lipinski definition) is 1. The van der Waals surface area contributed by atoms with Gasteiger partial charge in [-0.1, -0.05) is 28.9 Å². The van der Waals surface area contributed by atoms with Crippen molar-refractivity contribution in [1.82, 2.24) is 15.0 Å². The number of amides is 2. The maximum atomic E-state index is 12.7. The van der Waals surface area contributed by atoms with Crippen LogP contribution in [0.15, 0.2) is 53.1 Å². The van der Waals surface area contributed by atoms with Gasteiger partial charge in [0.25, 0.3) is 5.91 Å². The minimum absolute atomic E-state index is 0.0482. The highest BCUT2D eigenvalue weighted by Crippen LogP contribution is 2.21. The largest absolute Gasteiger partial charge is 0.339 e. The van der Waals surface area contributed by atoms with Crippen molar-refractivity contribution in [3.05, 3.63) is 65.0 Å². The number of benzene rings is 2. The topological polar surface area (TPSA) is 88.3 Å². The van der Waals surface area contributed by atoms with Crippen LogP contribution in [0.2, 0.25) is 5.02 Å². The molecule has 1 N–H and O–H groups in total. The number of aryl methyl sites for hydroxylation is 1. The van der Waals surface area contributed by atoms with E-state index in [1.165, 1.54) is 0 Å². The molecule has 0 unspecified atom stereocenters. The standard InChI is InChI=1S/C22H21ClN4O3/c23-16-9-7-15(8-10-16)21-25-20(30-26-21)12-11-19(28)24-18-6-2-1-5-17(18)22(29)27-13-3-4-14-27/h1-2,5-10H,3-4,11-14H2,(H,24,28).